The second kappa shape index (κ2) is 6.87. The Balaban J connectivity index is 1.90. The van der Waals surface area contributed by atoms with Crippen molar-refractivity contribution in [1.82, 2.24) is 19.7 Å². The van der Waals surface area contributed by atoms with Gasteiger partial charge in [-0.25, -0.2) is 9.78 Å². The lowest BCUT2D eigenvalue weighted by Crippen LogP contribution is -2.35. The second-order valence-electron chi connectivity index (χ2n) is 6.05. The van der Waals surface area contributed by atoms with Gasteiger partial charge in [-0.05, 0) is 13.8 Å². The summed E-state index contributed by atoms with van der Waals surface area (Å²) in [6.07, 6.45) is -2.02. The normalized spacial score (nSPS) is 19.9. The van der Waals surface area contributed by atoms with Crippen LogP contribution in [0.3, 0.4) is 0 Å². The number of alkyl halides is 3. The first-order valence-electron chi connectivity index (χ1n) is 8.03. The first-order chi connectivity index (χ1) is 12.6. The highest BCUT2D eigenvalue weighted by Crippen LogP contribution is 2.35. The van der Waals surface area contributed by atoms with Gasteiger partial charge in [0.25, 0.3) is 0 Å². The molecule has 2 aromatic rings. The number of nitrogens with zero attached hydrogens (tertiary/aromatic N) is 4. The second-order valence-corrected chi connectivity index (χ2v) is 6.40. The molecule has 0 unspecified atom stereocenters. The van der Waals surface area contributed by atoms with E-state index >= 15 is 0 Å². The molecular weight excluding hydrogens is 389 g/mol. The van der Waals surface area contributed by atoms with Gasteiger partial charge in [-0.2, -0.15) is 23.3 Å². The van der Waals surface area contributed by atoms with E-state index in [2.05, 4.69) is 25.7 Å². The molecule has 3 rings (SSSR count). The molecule has 1 fully saturated rings. The molecule has 0 aliphatic carbocycles. The number of esters is 1. The summed E-state index contributed by atoms with van der Waals surface area (Å²) in [7, 11) is 0. The molecule has 2 aromatic heterocycles. The van der Waals surface area contributed by atoms with Crippen LogP contribution in [0, 0.1) is 0 Å². The number of hydrogen-bond donors (Lipinski definition) is 2. The molecule has 3 heterocycles. The molecule has 27 heavy (non-hydrogen) atoms. The topological polar surface area (TPSA) is 94.0 Å². The van der Waals surface area contributed by atoms with Crippen molar-refractivity contribution >= 4 is 35.0 Å². The van der Waals surface area contributed by atoms with Crippen LogP contribution in [0.2, 0.25) is 5.15 Å². The Hall–Kier alpha value is -2.56. The van der Waals surface area contributed by atoms with Crippen LogP contribution in [0.5, 0.6) is 0 Å². The van der Waals surface area contributed by atoms with E-state index in [9.17, 15) is 18.0 Å². The molecule has 0 spiro atoms. The third kappa shape index (κ3) is 3.64. The number of aromatic nitrogens is 4. The Morgan fingerprint density at radius 1 is 1.44 bits per heavy atom. The van der Waals surface area contributed by atoms with Gasteiger partial charge in [-0.15, -0.1) is 0 Å². The van der Waals surface area contributed by atoms with Gasteiger partial charge in [0.1, 0.15) is 11.4 Å². The molecule has 12 heteroatoms. The highest BCUT2D eigenvalue weighted by atomic mass is 35.5. The zero-order valence-electron chi connectivity index (χ0n) is 14.4. The standard InChI is InChI=1S/C15H16ClF3N6O2/c1-3-20-11-8(15(17,18)19)6-21-13(23-11)22-9-7-25(24-10(9)16)14(2)4-5-27-12(14)26/h6-7H,3-5H2,1-2H3,(H2,20,21,22,23)/t14-/m0/s1. The Morgan fingerprint density at radius 3 is 2.78 bits per heavy atom. The number of carbonyl (C=O) groups excluding carboxylic acids is 1. The van der Waals surface area contributed by atoms with Crippen LogP contribution in [0.15, 0.2) is 12.4 Å². The molecule has 0 bridgehead atoms. The minimum Gasteiger partial charge on any atom is -0.464 e. The van der Waals surface area contributed by atoms with Crippen molar-refractivity contribution in [2.45, 2.75) is 32.0 Å². The summed E-state index contributed by atoms with van der Waals surface area (Å²) in [6, 6.07) is 0. The zero-order valence-corrected chi connectivity index (χ0v) is 15.1. The molecule has 0 radical (unpaired) electrons. The summed E-state index contributed by atoms with van der Waals surface area (Å²) in [5.41, 5.74) is -1.72. The first kappa shape index (κ1) is 19.2. The third-order valence-electron chi connectivity index (χ3n) is 4.12. The quantitative estimate of drug-likeness (QED) is 0.739. The number of halogens is 4. The minimum absolute atomic E-state index is 0.0180. The molecular formula is C15H16ClF3N6O2. The van der Waals surface area contributed by atoms with E-state index in [-0.39, 0.29) is 35.8 Å². The van der Waals surface area contributed by atoms with Gasteiger partial charge in [0.05, 0.1) is 18.5 Å². The summed E-state index contributed by atoms with van der Waals surface area (Å²) < 4.78 is 45.4. The van der Waals surface area contributed by atoms with E-state index in [4.69, 9.17) is 16.3 Å². The first-order valence-corrected chi connectivity index (χ1v) is 8.41. The Kier molecular flexibility index (Phi) is 4.89. The van der Waals surface area contributed by atoms with Crippen LogP contribution in [0.25, 0.3) is 0 Å². The van der Waals surface area contributed by atoms with Gasteiger partial charge in [-0.3, -0.25) is 4.68 Å². The van der Waals surface area contributed by atoms with Crippen LogP contribution in [-0.2, 0) is 21.2 Å². The van der Waals surface area contributed by atoms with Crippen molar-refractivity contribution < 1.29 is 22.7 Å². The molecule has 146 valence electrons. The van der Waals surface area contributed by atoms with Gasteiger partial charge in [0, 0.05) is 19.2 Å². The number of cyclic esters (lactones) is 1. The number of anilines is 3. The number of ether oxygens (including phenoxy) is 1. The van der Waals surface area contributed by atoms with Gasteiger partial charge >= 0.3 is 12.1 Å². The van der Waals surface area contributed by atoms with E-state index < -0.39 is 23.2 Å². The van der Waals surface area contributed by atoms with Gasteiger partial charge in [0.15, 0.2) is 10.7 Å². The lowest BCUT2D eigenvalue weighted by atomic mass is 10.0. The third-order valence-corrected chi connectivity index (χ3v) is 4.40. The fourth-order valence-corrected chi connectivity index (χ4v) is 2.75. The zero-order chi connectivity index (χ0) is 19.8. The van der Waals surface area contributed by atoms with Crippen molar-refractivity contribution in [1.29, 1.82) is 0 Å². The fourth-order valence-electron chi connectivity index (χ4n) is 2.57. The SMILES string of the molecule is CCNc1nc(Nc2cn([C@@]3(C)CCOC3=O)nc2Cl)ncc1C(F)(F)F. The maximum atomic E-state index is 13.0. The van der Waals surface area contributed by atoms with Crippen molar-refractivity contribution in [2.24, 2.45) is 0 Å². The smallest absolute Gasteiger partial charge is 0.421 e. The molecule has 1 aliphatic rings. The lowest BCUT2D eigenvalue weighted by molar-refractivity contribution is -0.145. The summed E-state index contributed by atoms with van der Waals surface area (Å²) in [5, 5.41) is 9.40. The Morgan fingerprint density at radius 2 is 2.19 bits per heavy atom. The maximum absolute atomic E-state index is 13.0. The van der Waals surface area contributed by atoms with Gasteiger partial charge < -0.3 is 15.4 Å². The lowest BCUT2D eigenvalue weighted by Gasteiger charge is -2.19. The number of hydrogen-bond acceptors (Lipinski definition) is 7. The Bertz CT molecular complexity index is 872. The van der Waals surface area contributed by atoms with Crippen LogP contribution in [0.4, 0.5) is 30.6 Å². The highest BCUT2D eigenvalue weighted by molar-refractivity contribution is 6.32. The summed E-state index contributed by atoms with van der Waals surface area (Å²) >= 11 is 6.09. The number of nitrogens with one attached hydrogen (secondary N) is 2. The van der Waals surface area contributed by atoms with E-state index in [1.54, 1.807) is 13.8 Å². The van der Waals surface area contributed by atoms with Crippen LogP contribution in [0.1, 0.15) is 25.8 Å². The molecule has 0 saturated carbocycles. The average molecular weight is 405 g/mol. The highest BCUT2D eigenvalue weighted by Gasteiger charge is 2.43. The van der Waals surface area contributed by atoms with Crippen molar-refractivity contribution in [3.05, 3.63) is 23.1 Å². The molecule has 0 amide bonds. The monoisotopic (exact) mass is 404 g/mol. The summed E-state index contributed by atoms with van der Waals surface area (Å²) in [4.78, 5) is 19.5. The van der Waals surface area contributed by atoms with Crippen LogP contribution >= 0.6 is 11.6 Å². The molecule has 1 aliphatic heterocycles. The predicted molar refractivity (Wildman–Crippen MR) is 90.9 cm³/mol. The van der Waals surface area contributed by atoms with E-state index in [0.717, 1.165) is 0 Å². The average Bonchev–Trinajstić information content (AvgIpc) is 3.11. The molecule has 8 nitrogen and oxygen atoms in total. The molecule has 0 aromatic carbocycles. The van der Waals surface area contributed by atoms with Gasteiger partial charge in [0.2, 0.25) is 5.95 Å². The number of carbonyl (C=O) groups is 1. The van der Waals surface area contributed by atoms with Crippen molar-refractivity contribution in [3.8, 4) is 0 Å². The van der Waals surface area contributed by atoms with E-state index in [1.165, 1.54) is 10.9 Å². The van der Waals surface area contributed by atoms with Gasteiger partial charge in [-0.1, -0.05) is 11.6 Å². The summed E-state index contributed by atoms with van der Waals surface area (Å²) in [6.45, 7) is 3.83. The predicted octanol–water partition coefficient (Wildman–Crippen LogP) is 3.18. The van der Waals surface area contributed by atoms with Crippen LogP contribution in [-0.4, -0.2) is 38.9 Å². The number of rotatable bonds is 5. The minimum atomic E-state index is -4.59. The fraction of sp³-hybridized carbons (Fsp3) is 0.467. The van der Waals surface area contributed by atoms with Crippen LogP contribution < -0.4 is 10.6 Å². The van der Waals surface area contributed by atoms with E-state index in [0.29, 0.717) is 12.6 Å². The van der Waals surface area contributed by atoms with Crippen molar-refractivity contribution in [3.63, 3.8) is 0 Å². The van der Waals surface area contributed by atoms with Crippen molar-refractivity contribution in [2.75, 3.05) is 23.8 Å². The summed E-state index contributed by atoms with van der Waals surface area (Å²) in [5.74, 6) is -0.884. The Labute approximate surface area is 157 Å². The maximum Gasteiger partial charge on any atom is 0.421 e. The molecule has 1 saturated heterocycles. The largest absolute Gasteiger partial charge is 0.464 e. The van der Waals surface area contributed by atoms with E-state index in [1.807, 2.05) is 0 Å². The molecule has 2 N–H and O–H groups in total. The molecule has 1 atom stereocenters.